The number of carbonyl (C=O) groups is 1. The fraction of sp³-hybridized carbons (Fsp3) is 0.182. The van der Waals surface area contributed by atoms with E-state index in [1.165, 1.54) is 6.92 Å². The van der Waals surface area contributed by atoms with Crippen LogP contribution < -0.4 is 10.7 Å². The van der Waals surface area contributed by atoms with Gasteiger partial charge in [-0.1, -0.05) is 0 Å². The fourth-order valence-electron chi connectivity index (χ4n) is 1.38. The first-order valence-corrected chi connectivity index (χ1v) is 5.84. The molecule has 2 N–H and O–H groups in total. The van der Waals surface area contributed by atoms with Crippen LogP contribution in [-0.4, -0.2) is 10.6 Å². The van der Waals surface area contributed by atoms with Crippen LogP contribution in [0, 0.1) is 0 Å². The third kappa shape index (κ3) is 2.64. The molecule has 0 aliphatic heterocycles. The molecule has 0 bridgehead atoms. The van der Waals surface area contributed by atoms with Crippen molar-refractivity contribution in [2.24, 2.45) is 0 Å². The van der Waals surface area contributed by atoms with Crippen LogP contribution in [0.25, 0.3) is 0 Å². The van der Waals surface area contributed by atoms with Gasteiger partial charge < -0.3 is 10.7 Å². The monoisotopic (exact) mass is 235 g/mol. The van der Waals surface area contributed by atoms with Crippen LogP contribution in [0.4, 0.5) is 5.69 Å². The number of nitrogens with one attached hydrogen (secondary N) is 2. The maximum atomic E-state index is 11.0. The van der Waals surface area contributed by atoms with Gasteiger partial charge in [0.1, 0.15) is 0 Å². The lowest BCUT2D eigenvalue weighted by molar-refractivity contribution is -0.114. The second kappa shape index (κ2) is 4.85. The maximum absolute atomic E-state index is 11.0. The molecule has 0 radical (unpaired) electrons. The number of nitrogens with zero attached hydrogens (tertiary/aromatic N) is 1. The number of rotatable bonds is 4. The summed E-state index contributed by atoms with van der Waals surface area (Å²) < 4.78 is 1.89. The van der Waals surface area contributed by atoms with Crippen LogP contribution in [0.1, 0.15) is 11.8 Å². The number of hydrogen-bond donors (Lipinski definition) is 2. The van der Waals surface area contributed by atoms with E-state index >= 15 is 0 Å². The third-order valence-electron chi connectivity index (χ3n) is 2.08. The molecule has 0 atom stereocenters. The number of amides is 1. The van der Waals surface area contributed by atoms with Gasteiger partial charge in [0.15, 0.2) is 0 Å². The zero-order valence-corrected chi connectivity index (χ0v) is 9.75. The molecule has 0 saturated carbocycles. The summed E-state index contributed by atoms with van der Waals surface area (Å²) in [6.45, 7) is 2.21. The number of carbonyl (C=O) groups excluding carboxylic acids is 1. The average Bonchev–Trinajstić information content (AvgIpc) is 2.84. The van der Waals surface area contributed by atoms with Crippen LogP contribution >= 0.6 is 11.3 Å². The molecule has 84 valence electrons. The molecule has 0 aliphatic carbocycles. The Morgan fingerprint density at radius 3 is 2.88 bits per heavy atom. The standard InChI is InChI=1S/C11H13N3OS/c1-9(15)13-10-4-7-16-11(10)8-12-14-5-2-3-6-14/h2-7,12H,8H2,1H3,(H,13,15). The zero-order chi connectivity index (χ0) is 11.4. The molecule has 2 rings (SSSR count). The van der Waals surface area contributed by atoms with Gasteiger partial charge in [0, 0.05) is 24.2 Å². The largest absolute Gasteiger partial charge is 0.325 e. The van der Waals surface area contributed by atoms with Gasteiger partial charge in [0.05, 0.1) is 12.2 Å². The molecule has 4 nitrogen and oxygen atoms in total. The highest BCUT2D eigenvalue weighted by Gasteiger charge is 2.04. The van der Waals surface area contributed by atoms with Gasteiger partial charge in [0.2, 0.25) is 5.91 Å². The van der Waals surface area contributed by atoms with Gasteiger partial charge in [-0.05, 0) is 23.6 Å². The molecule has 16 heavy (non-hydrogen) atoms. The lowest BCUT2D eigenvalue weighted by Crippen LogP contribution is -2.13. The summed E-state index contributed by atoms with van der Waals surface area (Å²) in [5, 5.41) is 4.78. The van der Waals surface area contributed by atoms with E-state index in [2.05, 4.69) is 10.7 Å². The van der Waals surface area contributed by atoms with Crippen molar-refractivity contribution < 1.29 is 4.79 Å². The summed E-state index contributed by atoms with van der Waals surface area (Å²) >= 11 is 1.62. The minimum Gasteiger partial charge on any atom is -0.325 e. The Balaban J connectivity index is 1.99. The van der Waals surface area contributed by atoms with E-state index in [0.29, 0.717) is 6.54 Å². The van der Waals surface area contributed by atoms with Crippen LogP contribution in [0.3, 0.4) is 0 Å². The Labute approximate surface area is 97.9 Å². The highest BCUT2D eigenvalue weighted by molar-refractivity contribution is 7.10. The minimum atomic E-state index is -0.0411. The summed E-state index contributed by atoms with van der Waals surface area (Å²) in [4.78, 5) is 12.1. The van der Waals surface area contributed by atoms with E-state index in [-0.39, 0.29) is 5.91 Å². The number of thiophene rings is 1. The third-order valence-corrected chi connectivity index (χ3v) is 3.00. The summed E-state index contributed by atoms with van der Waals surface area (Å²) in [6, 6.07) is 5.82. The summed E-state index contributed by atoms with van der Waals surface area (Å²) in [5.74, 6) is -0.0411. The van der Waals surface area contributed by atoms with Gasteiger partial charge in [-0.3, -0.25) is 9.47 Å². The zero-order valence-electron chi connectivity index (χ0n) is 8.93. The first-order chi connectivity index (χ1) is 7.75. The van der Waals surface area contributed by atoms with Crippen molar-refractivity contribution in [1.82, 2.24) is 4.68 Å². The molecule has 0 aromatic carbocycles. The van der Waals surface area contributed by atoms with Crippen molar-refractivity contribution in [3.8, 4) is 0 Å². The van der Waals surface area contributed by atoms with E-state index < -0.39 is 0 Å². The van der Waals surface area contributed by atoms with Crippen LogP contribution in [0.15, 0.2) is 36.0 Å². The smallest absolute Gasteiger partial charge is 0.221 e. The van der Waals surface area contributed by atoms with Gasteiger partial charge in [-0.15, -0.1) is 11.3 Å². The normalized spacial score (nSPS) is 10.1. The predicted octanol–water partition coefficient (Wildman–Crippen LogP) is 2.25. The summed E-state index contributed by atoms with van der Waals surface area (Å²) in [5.41, 5.74) is 4.10. The van der Waals surface area contributed by atoms with Gasteiger partial charge >= 0.3 is 0 Å². The number of anilines is 1. The first-order valence-electron chi connectivity index (χ1n) is 4.96. The molecule has 0 spiro atoms. The molecule has 0 unspecified atom stereocenters. The van der Waals surface area contributed by atoms with Crippen molar-refractivity contribution in [3.63, 3.8) is 0 Å². The first kappa shape index (κ1) is 10.8. The lowest BCUT2D eigenvalue weighted by atomic mass is 10.4. The van der Waals surface area contributed by atoms with Gasteiger partial charge in [0.25, 0.3) is 0 Å². The van der Waals surface area contributed by atoms with E-state index in [9.17, 15) is 4.79 Å². The second-order valence-electron chi connectivity index (χ2n) is 3.36. The molecule has 2 heterocycles. The highest BCUT2D eigenvalue weighted by atomic mass is 32.1. The van der Waals surface area contributed by atoms with Crippen molar-refractivity contribution in [3.05, 3.63) is 40.8 Å². The Hall–Kier alpha value is -1.75. The van der Waals surface area contributed by atoms with E-state index in [1.807, 2.05) is 40.6 Å². The van der Waals surface area contributed by atoms with Gasteiger partial charge in [-0.25, -0.2) is 0 Å². The Bertz CT molecular complexity index is 461. The SMILES string of the molecule is CC(=O)Nc1ccsc1CNn1cccc1. The van der Waals surface area contributed by atoms with E-state index in [0.717, 1.165) is 10.6 Å². The Kier molecular flexibility index (Phi) is 3.26. The molecule has 0 saturated heterocycles. The van der Waals surface area contributed by atoms with Crippen molar-refractivity contribution >= 4 is 22.9 Å². The predicted molar refractivity (Wildman–Crippen MR) is 66.1 cm³/mol. The molecule has 1 amide bonds. The molecular formula is C11H13N3OS. The van der Waals surface area contributed by atoms with E-state index in [4.69, 9.17) is 0 Å². The Morgan fingerprint density at radius 1 is 1.44 bits per heavy atom. The van der Waals surface area contributed by atoms with Crippen LogP contribution in [0.2, 0.25) is 0 Å². The number of aromatic nitrogens is 1. The molecule has 2 aromatic rings. The number of hydrogen-bond acceptors (Lipinski definition) is 3. The molecule has 2 aromatic heterocycles. The molecule has 0 fully saturated rings. The van der Waals surface area contributed by atoms with Crippen molar-refractivity contribution in [1.29, 1.82) is 0 Å². The topological polar surface area (TPSA) is 46.1 Å². The summed E-state index contributed by atoms with van der Waals surface area (Å²) in [6.07, 6.45) is 3.87. The average molecular weight is 235 g/mol. The van der Waals surface area contributed by atoms with Crippen molar-refractivity contribution in [2.75, 3.05) is 10.7 Å². The van der Waals surface area contributed by atoms with Crippen molar-refractivity contribution in [2.45, 2.75) is 13.5 Å². The molecule has 0 aliphatic rings. The highest BCUT2D eigenvalue weighted by Crippen LogP contribution is 2.22. The summed E-state index contributed by atoms with van der Waals surface area (Å²) in [7, 11) is 0. The molecule has 5 heteroatoms. The minimum absolute atomic E-state index is 0.0411. The Morgan fingerprint density at radius 2 is 2.19 bits per heavy atom. The maximum Gasteiger partial charge on any atom is 0.221 e. The quantitative estimate of drug-likeness (QED) is 0.853. The van der Waals surface area contributed by atoms with Gasteiger partial charge in [-0.2, -0.15) is 0 Å². The van der Waals surface area contributed by atoms with Crippen LogP contribution in [-0.2, 0) is 11.3 Å². The second-order valence-corrected chi connectivity index (χ2v) is 4.36. The molecular weight excluding hydrogens is 222 g/mol. The van der Waals surface area contributed by atoms with Crippen LogP contribution in [0.5, 0.6) is 0 Å². The fourth-order valence-corrected chi connectivity index (χ4v) is 2.14. The lowest BCUT2D eigenvalue weighted by Gasteiger charge is -2.08. The van der Waals surface area contributed by atoms with E-state index in [1.54, 1.807) is 11.3 Å².